The van der Waals surface area contributed by atoms with Crippen LogP contribution in [-0.4, -0.2) is 23.4 Å². The van der Waals surface area contributed by atoms with Crippen LogP contribution in [0.2, 0.25) is 0 Å². The van der Waals surface area contributed by atoms with E-state index in [4.69, 9.17) is 16.7 Å². The van der Waals surface area contributed by atoms with Gasteiger partial charge in [-0.3, -0.25) is 4.79 Å². The number of phenolic OH excluding ortho intramolecular Hbond substituents is 1. The molecule has 0 aliphatic carbocycles. The van der Waals surface area contributed by atoms with Gasteiger partial charge in [-0.05, 0) is 11.5 Å². The molecule has 0 fully saturated rings. The van der Waals surface area contributed by atoms with Crippen LogP contribution < -0.4 is 5.32 Å². The van der Waals surface area contributed by atoms with Crippen LogP contribution in [0.3, 0.4) is 0 Å². The molecule has 0 spiro atoms. The molecule has 3 nitrogen and oxygen atoms in total. The zero-order valence-corrected chi connectivity index (χ0v) is 11.1. The largest absolute Gasteiger partial charge is 0.503 e. The van der Waals surface area contributed by atoms with Crippen LogP contribution >= 0.6 is 11.6 Å². The summed E-state index contributed by atoms with van der Waals surface area (Å²) in [5, 5.41) is 11.3. The number of phenols is 1. The van der Waals surface area contributed by atoms with Gasteiger partial charge in [0, 0.05) is 12.4 Å². The number of nitrogens with one attached hydrogen (secondary N) is 1. The number of hydrogen-bond acceptors (Lipinski definition) is 2. The summed E-state index contributed by atoms with van der Waals surface area (Å²) in [6, 6.07) is 0.396. The fourth-order valence-electron chi connectivity index (χ4n) is 1.22. The number of amides is 1. The molecule has 1 amide bonds. The monoisotopic (exact) mass is 295 g/mol. The Morgan fingerprint density at radius 1 is 1.37 bits per heavy atom. The maximum Gasteiger partial charge on any atom is 0.254 e. The number of halogens is 4. The molecule has 0 saturated carbocycles. The Hall–Kier alpha value is -1.43. The van der Waals surface area contributed by atoms with Crippen molar-refractivity contribution in [1.29, 1.82) is 0 Å². The number of alkyl halides is 1. The highest BCUT2D eigenvalue weighted by atomic mass is 35.5. The molecule has 0 aromatic heterocycles. The van der Waals surface area contributed by atoms with E-state index in [0.717, 1.165) is 0 Å². The van der Waals surface area contributed by atoms with E-state index in [1.54, 1.807) is 13.8 Å². The topological polar surface area (TPSA) is 49.3 Å². The predicted octanol–water partition coefficient (Wildman–Crippen LogP) is 2.80. The van der Waals surface area contributed by atoms with Gasteiger partial charge in [0.2, 0.25) is 5.82 Å². The molecule has 0 unspecified atom stereocenters. The maximum absolute atomic E-state index is 13.5. The second-order valence-corrected chi connectivity index (χ2v) is 5.13. The molecule has 0 atom stereocenters. The second kappa shape index (κ2) is 5.69. The SMILES string of the molecule is CC(C)(CCl)CNC(=O)c1cc(F)c(F)c(O)c1F. The third-order valence-corrected chi connectivity index (χ3v) is 3.19. The van der Waals surface area contributed by atoms with E-state index < -0.39 is 40.1 Å². The van der Waals surface area contributed by atoms with Crippen LogP contribution in [0.25, 0.3) is 0 Å². The van der Waals surface area contributed by atoms with Crippen LogP contribution in [-0.2, 0) is 0 Å². The molecule has 0 aliphatic rings. The summed E-state index contributed by atoms with van der Waals surface area (Å²) in [5.74, 6) is -6.94. The van der Waals surface area contributed by atoms with Crippen LogP contribution in [0.15, 0.2) is 6.07 Å². The highest BCUT2D eigenvalue weighted by molar-refractivity contribution is 6.18. The van der Waals surface area contributed by atoms with Gasteiger partial charge in [-0.2, -0.15) is 4.39 Å². The minimum absolute atomic E-state index is 0.120. The van der Waals surface area contributed by atoms with Crippen molar-refractivity contribution < 1.29 is 23.1 Å². The first-order valence-electron chi connectivity index (χ1n) is 5.40. The normalized spacial score (nSPS) is 11.5. The van der Waals surface area contributed by atoms with Crippen molar-refractivity contribution in [3.63, 3.8) is 0 Å². The van der Waals surface area contributed by atoms with Gasteiger partial charge in [-0.15, -0.1) is 11.6 Å². The van der Waals surface area contributed by atoms with Crippen molar-refractivity contribution in [3.8, 4) is 5.75 Å². The van der Waals surface area contributed by atoms with Crippen LogP contribution in [0, 0.1) is 22.9 Å². The van der Waals surface area contributed by atoms with Crippen molar-refractivity contribution in [2.75, 3.05) is 12.4 Å². The number of aromatic hydroxyl groups is 1. The average Bonchev–Trinajstić information content (AvgIpc) is 2.38. The molecule has 0 bridgehead atoms. The zero-order chi connectivity index (χ0) is 14.8. The standard InChI is InChI=1S/C12H13ClF3NO2/c1-12(2,4-13)5-17-11(19)6-3-7(14)9(16)10(18)8(6)15/h3,18H,4-5H2,1-2H3,(H,17,19). The van der Waals surface area contributed by atoms with E-state index >= 15 is 0 Å². The first kappa shape index (κ1) is 15.6. The molecular formula is C12H13ClF3NO2. The molecular weight excluding hydrogens is 283 g/mol. The van der Waals surface area contributed by atoms with Gasteiger partial charge in [0.25, 0.3) is 5.91 Å². The Morgan fingerprint density at radius 2 is 1.95 bits per heavy atom. The van der Waals surface area contributed by atoms with Gasteiger partial charge < -0.3 is 10.4 Å². The Balaban J connectivity index is 2.96. The molecule has 0 radical (unpaired) electrons. The van der Waals surface area contributed by atoms with E-state index in [9.17, 15) is 18.0 Å². The third kappa shape index (κ3) is 3.53. The van der Waals surface area contributed by atoms with Crippen molar-refractivity contribution in [2.24, 2.45) is 5.41 Å². The van der Waals surface area contributed by atoms with E-state index in [2.05, 4.69) is 5.32 Å². The van der Waals surface area contributed by atoms with E-state index in [1.807, 2.05) is 0 Å². The highest BCUT2D eigenvalue weighted by Crippen LogP contribution is 2.26. The van der Waals surface area contributed by atoms with Gasteiger partial charge in [0.05, 0.1) is 5.56 Å². The molecule has 1 aromatic rings. The molecule has 106 valence electrons. The predicted molar refractivity (Wildman–Crippen MR) is 64.8 cm³/mol. The molecule has 1 aromatic carbocycles. The van der Waals surface area contributed by atoms with Crippen molar-refractivity contribution in [3.05, 3.63) is 29.1 Å². The van der Waals surface area contributed by atoms with Crippen molar-refractivity contribution >= 4 is 17.5 Å². The van der Waals surface area contributed by atoms with Gasteiger partial charge in [0.1, 0.15) is 0 Å². The van der Waals surface area contributed by atoms with E-state index in [1.165, 1.54) is 0 Å². The Labute approximate surface area is 113 Å². The summed E-state index contributed by atoms with van der Waals surface area (Å²) >= 11 is 5.65. The number of hydrogen-bond donors (Lipinski definition) is 2. The smallest absolute Gasteiger partial charge is 0.254 e. The van der Waals surface area contributed by atoms with E-state index in [-0.39, 0.29) is 12.4 Å². The minimum Gasteiger partial charge on any atom is -0.503 e. The lowest BCUT2D eigenvalue weighted by Gasteiger charge is -2.21. The summed E-state index contributed by atoms with van der Waals surface area (Å²) in [4.78, 5) is 11.6. The summed E-state index contributed by atoms with van der Waals surface area (Å²) in [5.41, 5.74) is -1.20. The quantitative estimate of drug-likeness (QED) is 0.663. The summed E-state index contributed by atoms with van der Waals surface area (Å²) in [6.07, 6.45) is 0. The molecule has 0 aliphatic heterocycles. The number of rotatable bonds is 4. The molecule has 2 N–H and O–H groups in total. The Kier molecular flexibility index (Phi) is 4.68. The Bertz CT molecular complexity index is 506. The van der Waals surface area contributed by atoms with Crippen LogP contribution in [0.1, 0.15) is 24.2 Å². The summed E-state index contributed by atoms with van der Waals surface area (Å²) in [7, 11) is 0. The van der Waals surface area contributed by atoms with Gasteiger partial charge in [-0.1, -0.05) is 13.8 Å². The minimum atomic E-state index is -1.73. The lowest BCUT2D eigenvalue weighted by Crippen LogP contribution is -2.35. The lowest BCUT2D eigenvalue weighted by molar-refractivity contribution is 0.0934. The second-order valence-electron chi connectivity index (χ2n) is 4.86. The van der Waals surface area contributed by atoms with E-state index in [0.29, 0.717) is 6.07 Å². The summed E-state index contributed by atoms with van der Waals surface area (Å²) in [6.45, 7) is 3.65. The van der Waals surface area contributed by atoms with Gasteiger partial charge >= 0.3 is 0 Å². The van der Waals surface area contributed by atoms with Crippen LogP contribution in [0.5, 0.6) is 5.75 Å². The molecule has 19 heavy (non-hydrogen) atoms. The fourth-order valence-corrected chi connectivity index (χ4v) is 1.31. The van der Waals surface area contributed by atoms with Crippen molar-refractivity contribution in [1.82, 2.24) is 5.32 Å². The van der Waals surface area contributed by atoms with Crippen LogP contribution in [0.4, 0.5) is 13.2 Å². The first-order valence-corrected chi connectivity index (χ1v) is 5.93. The summed E-state index contributed by atoms with van der Waals surface area (Å²) < 4.78 is 39.3. The number of benzene rings is 1. The number of carbonyl (C=O) groups excluding carboxylic acids is 1. The number of carbonyl (C=O) groups is 1. The maximum atomic E-state index is 13.5. The molecule has 0 saturated heterocycles. The molecule has 1 rings (SSSR count). The lowest BCUT2D eigenvalue weighted by atomic mass is 9.96. The molecule has 0 heterocycles. The fraction of sp³-hybridized carbons (Fsp3) is 0.417. The van der Waals surface area contributed by atoms with Gasteiger partial charge in [0.15, 0.2) is 17.4 Å². The molecule has 7 heteroatoms. The first-order chi connectivity index (χ1) is 8.69. The van der Waals surface area contributed by atoms with Gasteiger partial charge in [-0.25, -0.2) is 8.78 Å². The Morgan fingerprint density at radius 3 is 2.47 bits per heavy atom. The zero-order valence-electron chi connectivity index (χ0n) is 10.4. The highest BCUT2D eigenvalue weighted by Gasteiger charge is 2.24. The average molecular weight is 296 g/mol. The van der Waals surface area contributed by atoms with Crippen molar-refractivity contribution in [2.45, 2.75) is 13.8 Å². The third-order valence-electron chi connectivity index (χ3n) is 2.47.